The van der Waals surface area contributed by atoms with Crippen LogP contribution < -0.4 is 5.73 Å². The number of aliphatic hydroxyl groups is 1. The maximum atomic E-state index is 11.4. The Balaban J connectivity index is 2.42. The predicted octanol–water partition coefficient (Wildman–Crippen LogP) is 2.78. The first-order chi connectivity index (χ1) is 8.50. The molecule has 3 N–H and O–H groups in total. The van der Waals surface area contributed by atoms with E-state index in [0.29, 0.717) is 11.8 Å². The molecule has 1 saturated carbocycles. The number of allylic oxidation sites excluding steroid dienone is 1. The standard InChI is InChI=1S/C15H27NO2/c1-11(2)5-3-7-13(15(16)18)10-9-12-6-4-8-14(12)17/h10-12,14,17H,3-9H2,1-2H3,(H2,16,18). The van der Waals surface area contributed by atoms with Crippen molar-refractivity contribution in [2.24, 2.45) is 17.6 Å². The van der Waals surface area contributed by atoms with E-state index in [-0.39, 0.29) is 12.0 Å². The lowest BCUT2D eigenvalue weighted by molar-refractivity contribution is -0.114. The lowest BCUT2D eigenvalue weighted by Gasteiger charge is -2.12. The smallest absolute Gasteiger partial charge is 0.244 e. The Morgan fingerprint density at radius 3 is 2.67 bits per heavy atom. The maximum Gasteiger partial charge on any atom is 0.244 e. The van der Waals surface area contributed by atoms with Gasteiger partial charge in [-0.05, 0) is 43.9 Å². The first kappa shape index (κ1) is 15.2. The number of nitrogens with two attached hydrogens (primary N) is 1. The summed E-state index contributed by atoms with van der Waals surface area (Å²) in [5, 5.41) is 9.74. The minimum Gasteiger partial charge on any atom is -0.393 e. The van der Waals surface area contributed by atoms with Gasteiger partial charge in [-0.15, -0.1) is 0 Å². The van der Waals surface area contributed by atoms with E-state index in [1.807, 2.05) is 6.08 Å². The van der Waals surface area contributed by atoms with Gasteiger partial charge in [0.2, 0.25) is 5.91 Å². The van der Waals surface area contributed by atoms with Gasteiger partial charge in [-0.2, -0.15) is 0 Å². The predicted molar refractivity (Wildman–Crippen MR) is 73.9 cm³/mol. The molecule has 0 aliphatic heterocycles. The molecule has 0 spiro atoms. The van der Waals surface area contributed by atoms with Gasteiger partial charge < -0.3 is 10.8 Å². The van der Waals surface area contributed by atoms with Crippen molar-refractivity contribution >= 4 is 5.91 Å². The minimum atomic E-state index is -0.300. The molecule has 0 aromatic rings. The Kier molecular flexibility index (Phi) is 6.41. The zero-order chi connectivity index (χ0) is 13.5. The summed E-state index contributed by atoms with van der Waals surface area (Å²) < 4.78 is 0. The van der Waals surface area contributed by atoms with Gasteiger partial charge >= 0.3 is 0 Å². The zero-order valence-corrected chi connectivity index (χ0v) is 11.7. The van der Waals surface area contributed by atoms with Gasteiger partial charge in [0.25, 0.3) is 0 Å². The molecule has 1 aliphatic carbocycles. The van der Waals surface area contributed by atoms with Gasteiger partial charge in [0.15, 0.2) is 0 Å². The van der Waals surface area contributed by atoms with Gasteiger partial charge in [0.1, 0.15) is 0 Å². The fourth-order valence-electron chi connectivity index (χ4n) is 2.61. The van der Waals surface area contributed by atoms with Crippen LogP contribution in [0.15, 0.2) is 11.6 Å². The topological polar surface area (TPSA) is 63.3 Å². The SMILES string of the molecule is CC(C)CCCC(=CCC1CCCC1O)C(N)=O. The number of rotatable bonds is 7. The van der Waals surface area contributed by atoms with Crippen molar-refractivity contribution in [2.45, 2.75) is 64.9 Å². The van der Waals surface area contributed by atoms with E-state index < -0.39 is 0 Å². The second kappa shape index (κ2) is 7.57. The van der Waals surface area contributed by atoms with Crippen molar-refractivity contribution < 1.29 is 9.90 Å². The van der Waals surface area contributed by atoms with Crippen LogP contribution in [0.5, 0.6) is 0 Å². The van der Waals surface area contributed by atoms with Crippen molar-refractivity contribution in [2.75, 3.05) is 0 Å². The highest BCUT2D eigenvalue weighted by molar-refractivity contribution is 5.91. The van der Waals surface area contributed by atoms with Crippen molar-refractivity contribution in [3.63, 3.8) is 0 Å². The molecule has 0 aromatic carbocycles. The number of carbonyl (C=O) groups is 1. The Labute approximate surface area is 110 Å². The summed E-state index contributed by atoms with van der Waals surface area (Å²) in [6, 6.07) is 0. The Hall–Kier alpha value is -0.830. The van der Waals surface area contributed by atoms with Gasteiger partial charge in [-0.1, -0.05) is 32.8 Å². The third kappa shape index (κ3) is 5.21. The molecule has 1 amide bonds. The number of aliphatic hydroxyl groups excluding tert-OH is 1. The van der Waals surface area contributed by atoms with Crippen LogP contribution in [0, 0.1) is 11.8 Å². The molecule has 1 fully saturated rings. The molecular weight excluding hydrogens is 226 g/mol. The first-order valence-corrected chi connectivity index (χ1v) is 7.17. The van der Waals surface area contributed by atoms with E-state index in [1.54, 1.807) is 0 Å². The normalized spacial score (nSPS) is 24.8. The zero-order valence-electron chi connectivity index (χ0n) is 11.7. The van der Waals surface area contributed by atoms with Crippen LogP contribution in [-0.2, 0) is 4.79 Å². The van der Waals surface area contributed by atoms with E-state index in [1.165, 1.54) is 0 Å². The van der Waals surface area contributed by atoms with Gasteiger partial charge in [0, 0.05) is 5.57 Å². The lowest BCUT2D eigenvalue weighted by Crippen LogP contribution is -2.16. The van der Waals surface area contributed by atoms with Crippen LogP contribution in [0.25, 0.3) is 0 Å². The van der Waals surface area contributed by atoms with Crippen LogP contribution in [0.2, 0.25) is 0 Å². The average Bonchev–Trinajstić information content (AvgIpc) is 2.68. The van der Waals surface area contributed by atoms with E-state index in [0.717, 1.165) is 50.5 Å². The second-order valence-electron chi connectivity index (χ2n) is 5.87. The van der Waals surface area contributed by atoms with Crippen LogP contribution in [0.4, 0.5) is 0 Å². The summed E-state index contributed by atoms with van der Waals surface area (Å²) >= 11 is 0. The minimum absolute atomic E-state index is 0.189. The summed E-state index contributed by atoms with van der Waals surface area (Å²) in [7, 11) is 0. The second-order valence-corrected chi connectivity index (χ2v) is 5.87. The van der Waals surface area contributed by atoms with Crippen molar-refractivity contribution in [3.8, 4) is 0 Å². The number of primary amides is 1. The fourth-order valence-corrected chi connectivity index (χ4v) is 2.61. The molecule has 18 heavy (non-hydrogen) atoms. The quantitative estimate of drug-likeness (QED) is 0.685. The molecule has 3 heteroatoms. The summed E-state index contributed by atoms with van der Waals surface area (Å²) in [6.07, 6.45) is 8.54. The third-order valence-corrected chi connectivity index (χ3v) is 3.83. The molecule has 3 nitrogen and oxygen atoms in total. The number of hydrogen-bond acceptors (Lipinski definition) is 2. The molecule has 0 heterocycles. The van der Waals surface area contributed by atoms with Crippen molar-refractivity contribution in [1.82, 2.24) is 0 Å². The number of carbonyl (C=O) groups excluding carboxylic acids is 1. The molecule has 2 unspecified atom stereocenters. The van der Waals surface area contributed by atoms with Gasteiger partial charge in [-0.3, -0.25) is 4.79 Å². The average molecular weight is 253 g/mol. The summed E-state index contributed by atoms with van der Waals surface area (Å²) in [4.78, 5) is 11.4. The van der Waals surface area contributed by atoms with Crippen LogP contribution in [0.3, 0.4) is 0 Å². The molecule has 0 aromatic heterocycles. The Morgan fingerprint density at radius 1 is 1.44 bits per heavy atom. The molecular formula is C15H27NO2. The Bertz CT molecular complexity index is 297. The van der Waals surface area contributed by atoms with Crippen LogP contribution >= 0.6 is 0 Å². The maximum absolute atomic E-state index is 11.4. The fraction of sp³-hybridized carbons (Fsp3) is 0.800. The molecule has 2 atom stereocenters. The van der Waals surface area contributed by atoms with Crippen LogP contribution in [0.1, 0.15) is 58.8 Å². The van der Waals surface area contributed by atoms with E-state index in [9.17, 15) is 9.90 Å². The summed E-state index contributed by atoms with van der Waals surface area (Å²) in [6.45, 7) is 4.37. The molecule has 0 saturated heterocycles. The molecule has 1 rings (SSSR count). The Morgan fingerprint density at radius 2 is 2.17 bits per heavy atom. The lowest BCUT2D eigenvalue weighted by atomic mass is 9.97. The number of amides is 1. The highest BCUT2D eigenvalue weighted by Gasteiger charge is 2.24. The summed E-state index contributed by atoms with van der Waals surface area (Å²) in [5.41, 5.74) is 6.15. The summed E-state index contributed by atoms with van der Waals surface area (Å²) in [5.74, 6) is 0.687. The first-order valence-electron chi connectivity index (χ1n) is 7.17. The van der Waals surface area contributed by atoms with E-state index in [2.05, 4.69) is 13.8 Å². The van der Waals surface area contributed by atoms with E-state index in [4.69, 9.17) is 5.73 Å². The molecule has 104 valence electrons. The van der Waals surface area contributed by atoms with Crippen molar-refractivity contribution in [1.29, 1.82) is 0 Å². The van der Waals surface area contributed by atoms with Crippen LogP contribution in [-0.4, -0.2) is 17.1 Å². The highest BCUT2D eigenvalue weighted by atomic mass is 16.3. The highest BCUT2D eigenvalue weighted by Crippen LogP contribution is 2.29. The van der Waals surface area contributed by atoms with Crippen molar-refractivity contribution in [3.05, 3.63) is 11.6 Å². The number of hydrogen-bond donors (Lipinski definition) is 2. The monoisotopic (exact) mass is 253 g/mol. The molecule has 0 bridgehead atoms. The molecule has 1 aliphatic rings. The molecule has 0 radical (unpaired) electrons. The van der Waals surface area contributed by atoms with E-state index >= 15 is 0 Å². The largest absolute Gasteiger partial charge is 0.393 e. The third-order valence-electron chi connectivity index (χ3n) is 3.83. The van der Waals surface area contributed by atoms with Gasteiger partial charge in [-0.25, -0.2) is 0 Å². The van der Waals surface area contributed by atoms with Gasteiger partial charge in [0.05, 0.1) is 6.10 Å².